The topological polar surface area (TPSA) is 110 Å². The highest BCUT2D eigenvalue weighted by Crippen LogP contribution is 2.27. The number of nitro benzene ring substituents is 1. The molecule has 7 nitrogen and oxygen atoms in total. The Morgan fingerprint density at radius 2 is 2.05 bits per heavy atom. The van der Waals surface area contributed by atoms with E-state index < -0.39 is 31.1 Å². The van der Waals surface area contributed by atoms with Gasteiger partial charge in [-0.05, 0) is 26.0 Å². The molecule has 0 bridgehead atoms. The Hall–Kier alpha value is -1.22. The number of aliphatic hydroxyl groups is 1. The Labute approximate surface area is 115 Å². The highest BCUT2D eigenvalue weighted by atomic mass is 35.5. The van der Waals surface area contributed by atoms with Gasteiger partial charge < -0.3 is 5.11 Å². The first-order valence-corrected chi connectivity index (χ1v) is 7.05. The molecule has 1 aromatic carbocycles. The Bertz CT molecular complexity index is 594. The Balaban J connectivity index is 3.18. The van der Waals surface area contributed by atoms with Crippen molar-refractivity contribution in [3.05, 3.63) is 33.3 Å². The van der Waals surface area contributed by atoms with Crippen molar-refractivity contribution >= 4 is 27.3 Å². The third-order valence-electron chi connectivity index (χ3n) is 2.10. The summed E-state index contributed by atoms with van der Waals surface area (Å²) >= 11 is 5.60. The minimum absolute atomic E-state index is 0.0631. The second kappa shape index (κ2) is 5.41. The molecule has 106 valence electrons. The highest BCUT2D eigenvalue weighted by Gasteiger charge is 2.27. The van der Waals surface area contributed by atoms with E-state index >= 15 is 0 Å². The zero-order valence-electron chi connectivity index (χ0n) is 10.3. The van der Waals surface area contributed by atoms with Crippen LogP contribution in [0.3, 0.4) is 0 Å². The molecule has 0 amide bonds. The number of nitrogens with one attached hydrogen (secondary N) is 1. The lowest BCUT2D eigenvalue weighted by Crippen LogP contribution is -2.38. The number of benzene rings is 1. The van der Waals surface area contributed by atoms with E-state index in [1.165, 1.54) is 19.9 Å². The highest BCUT2D eigenvalue weighted by molar-refractivity contribution is 7.89. The number of nitro groups is 1. The summed E-state index contributed by atoms with van der Waals surface area (Å²) in [5.41, 5.74) is -1.88. The van der Waals surface area contributed by atoms with Crippen LogP contribution in [0.15, 0.2) is 23.1 Å². The van der Waals surface area contributed by atoms with Crippen molar-refractivity contribution in [2.24, 2.45) is 0 Å². The van der Waals surface area contributed by atoms with E-state index in [1.807, 2.05) is 0 Å². The SMILES string of the molecule is CC(C)(O)CNS(=O)(=O)c1ccc(Cl)cc1[N+](=O)[O-]. The van der Waals surface area contributed by atoms with Gasteiger partial charge in [0.15, 0.2) is 4.90 Å². The lowest BCUT2D eigenvalue weighted by atomic mass is 10.1. The first kappa shape index (κ1) is 15.8. The van der Waals surface area contributed by atoms with E-state index in [4.69, 9.17) is 11.6 Å². The molecular weight excluding hydrogens is 296 g/mol. The lowest BCUT2D eigenvalue weighted by Gasteiger charge is -2.17. The van der Waals surface area contributed by atoms with Gasteiger partial charge >= 0.3 is 0 Å². The third kappa shape index (κ3) is 4.43. The van der Waals surface area contributed by atoms with Crippen molar-refractivity contribution < 1.29 is 18.4 Å². The molecule has 19 heavy (non-hydrogen) atoms. The predicted octanol–water partition coefficient (Wildman–Crippen LogP) is 1.30. The molecule has 2 N–H and O–H groups in total. The average molecular weight is 309 g/mol. The molecule has 0 unspecified atom stereocenters. The van der Waals surface area contributed by atoms with Crippen LogP contribution in [0.5, 0.6) is 0 Å². The Morgan fingerprint density at radius 3 is 2.53 bits per heavy atom. The number of hydrogen-bond acceptors (Lipinski definition) is 5. The molecule has 0 spiro atoms. The summed E-state index contributed by atoms with van der Waals surface area (Å²) in [6.07, 6.45) is 0. The van der Waals surface area contributed by atoms with Gasteiger partial charge in [0, 0.05) is 17.6 Å². The Kier molecular flexibility index (Phi) is 4.51. The summed E-state index contributed by atoms with van der Waals surface area (Å²) in [7, 11) is -4.10. The van der Waals surface area contributed by atoms with Crippen LogP contribution in [0, 0.1) is 10.1 Å². The molecule has 9 heteroatoms. The fourth-order valence-electron chi connectivity index (χ4n) is 1.21. The van der Waals surface area contributed by atoms with E-state index in [1.54, 1.807) is 0 Å². The van der Waals surface area contributed by atoms with Crippen molar-refractivity contribution in [1.82, 2.24) is 4.72 Å². The maximum absolute atomic E-state index is 11.9. The number of rotatable bonds is 5. The van der Waals surface area contributed by atoms with Gasteiger partial charge in [0.2, 0.25) is 10.0 Å². The van der Waals surface area contributed by atoms with Gasteiger partial charge in [0.25, 0.3) is 5.69 Å². The quantitative estimate of drug-likeness (QED) is 0.629. The summed E-state index contributed by atoms with van der Waals surface area (Å²) < 4.78 is 26.0. The van der Waals surface area contributed by atoms with Gasteiger partial charge in [-0.2, -0.15) is 0 Å². The van der Waals surface area contributed by atoms with E-state index in [0.29, 0.717) is 0 Å². The van der Waals surface area contributed by atoms with Crippen molar-refractivity contribution in [2.45, 2.75) is 24.3 Å². The normalized spacial score (nSPS) is 12.4. The Morgan fingerprint density at radius 1 is 1.47 bits per heavy atom. The minimum atomic E-state index is -4.10. The molecule has 0 fully saturated rings. The van der Waals surface area contributed by atoms with Gasteiger partial charge in [0.05, 0.1) is 10.5 Å². The van der Waals surface area contributed by atoms with Crippen molar-refractivity contribution in [1.29, 1.82) is 0 Å². The zero-order valence-corrected chi connectivity index (χ0v) is 11.8. The van der Waals surface area contributed by atoms with Crippen LogP contribution in [0.2, 0.25) is 5.02 Å². The van der Waals surface area contributed by atoms with Crippen LogP contribution in [-0.4, -0.2) is 30.6 Å². The van der Waals surface area contributed by atoms with Crippen LogP contribution in [0.4, 0.5) is 5.69 Å². The molecule has 0 aromatic heterocycles. The van der Waals surface area contributed by atoms with E-state index in [2.05, 4.69) is 4.72 Å². The van der Waals surface area contributed by atoms with Crippen LogP contribution in [0.1, 0.15) is 13.8 Å². The molecule has 0 aliphatic carbocycles. The number of nitrogens with zero attached hydrogens (tertiary/aromatic N) is 1. The first-order valence-electron chi connectivity index (χ1n) is 5.19. The molecule has 1 rings (SSSR count). The molecule has 0 heterocycles. The van der Waals surface area contributed by atoms with Gasteiger partial charge in [-0.25, -0.2) is 13.1 Å². The van der Waals surface area contributed by atoms with Gasteiger partial charge in [-0.1, -0.05) is 11.6 Å². The molecule has 0 radical (unpaired) electrons. The molecule has 0 saturated carbocycles. The zero-order chi connectivity index (χ0) is 14.8. The molecule has 0 aliphatic rings. The second-order valence-electron chi connectivity index (χ2n) is 4.51. The second-order valence-corrected chi connectivity index (χ2v) is 6.68. The van der Waals surface area contributed by atoms with Crippen molar-refractivity contribution in [2.75, 3.05) is 6.54 Å². The molecule has 0 aliphatic heterocycles. The van der Waals surface area contributed by atoms with Crippen LogP contribution < -0.4 is 4.72 Å². The van der Waals surface area contributed by atoms with E-state index in [0.717, 1.165) is 12.1 Å². The summed E-state index contributed by atoms with van der Waals surface area (Å²) in [5.74, 6) is 0. The maximum atomic E-state index is 11.9. The smallest absolute Gasteiger partial charge is 0.290 e. The molecular formula is C10H13ClN2O5S. The monoisotopic (exact) mass is 308 g/mol. The lowest BCUT2D eigenvalue weighted by molar-refractivity contribution is -0.387. The molecule has 1 aromatic rings. The summed E-state index contributed by atoms with van der Waals surface area (Å²) in [5, 5.41) is 20.4. The van der Waals surface area contributed by atoms with Crippen molar-refractivity contribution in [3.63, 3.8) is 0 Å². The fourth-order valence-corrected chi connectivity index (χ4v) is 2.73. The molecule has 0 atom stereocenters. The largest absolute Gasteiger partial charge is 0.389 e. The van der Waals surface area contributed by atoms with Crippen LogP contribution >= 0.6 is 11.6 Å². The third-order valence-corrected chi connectivity index (χ3v) is 3.79. The average Bonchev–Trinajstić information content (AvgIpc) is 2.25. The predicted molar refractivity (Wildman–Crippen MR) is 69.6 cm³/mol. The molecule has 0 saturated heterocycles. The summed E-state index contributed by atoms with van der Waals surface area (Å²) in [4.78, 5) is 9.50. The number of halogens is 1. The number of hydrogen-bond donors (Lipinski definition) is 2. The van der Waals surface area contributed by atoms with Crippen LogP contribution in [-0.2, 0) is 10.0 Å². The van der Waals surface area contributed by atoms with Gasteiger partial charge in [0.1, 0.15) is 0 Å². The van der Waals surface area contributed by atoms with Crippen molar-refractivity contribution in [3.8, 4) is 0 Å². The summed E-state index contributed by atoms with van der Waals surface area (Å²) in [6, 6.07) is 3.25. The maximum Gasteiger partial charge on any atom is 0.290 e. The standard InChI is InChI=1S/C10H13ClN2O5S/c1-10(2,14)6-12-19(17,18)9-4-3-7(11)5-8(9)13(15)16/h3-5,12,14H,6H2,1-2H3. The number of sulfonamides is 1. The van der Waals surface area contributed by atoms with E-state index in [9.17, 15) is 23.6 Å². The van der Waals surface area contributed by atoms with Gasteiger partial charge in [-0.3, -0.25) is 10.1 Å². The fraction of sp³-hybridized carbons (Fsp3) is 0.400. The first-order chi connectivity index (χ1) is 8.53. The van der Waals surface area contributed by atoms with Crippen LogP contribution in [0.25, 0.3) is 0 Å². The van der Waals surface area contributed by atoms with E-state index in [-0.39, 0.29) is 11.6 Å². The van der Waals surface area contributed by atoms with Gasteiger partial charge in [-0.15, -0.1) is 0 Å². The summed E-state index contributed by atoms with van der Waals surface area (Å²) in [6.45, 7) is 2.55. The minimum Gasteiger partial charge on any atom is -0.389 e.